The van der Waals surface area contributed by atoms with Crippen molar-refractivity contribution in [3.63, 3.8) is 0 Å². The lowest BCUT2D eigenvalue weighted by Crippen LogP contribution is -1.88. The zero-order valence-electron chi connectivity index (χ0n) is 10.3. The van der Waals surface area contributed by atoms with Crippen molar-refractivity contribution in [2.24, 2.45) is 11.8 Å². The molecule has 2 atom stereocenters. The maximum absolute atomic E-state index is 5.84. The van der Waals surface area contributed by atoms with Gasteiger partial charge in [-0.05, 0) is 36.1 Å². The lowest BCUT2D eigenvalue weighted by Gasteiger charge is -2.05. The lowest BCUT2D eigenvalue weighted by molar-refractivity contribution is 0.336. The van der Waals surface area contributed by atoms with Gasteiger partial charge >= 0.3 is 0 Å². The van der Waals surface area contributed by atoms with E-state index >= 15 is 0 Å². The zero-order chi connectivity index (χ0) is 12.1. The molecule has 0 saturated heterocycles. The van der Waals surface area contributed by atoms with Crippen molar-refractivity contribution in [1.29, 1.82) is 0 Å². The van der Waals surface area contributed by atoms with Gasteiger partial charge in [0.25, 0.3) is 0 Å². The lowest BCUT2D eigenvalue weighted by atomic mass is 10.2. The standard InChI is InChI=1S/C16H18O/c1-13-5-3-7-15(11-9-13)17-16-8-4-6-14(2)10-12-16/h3-14H,1-2H3. The van der Waals surface area contributed by atoms with Gasteiger partial charge in [-0.2, -0.15) is 0 Å². The van der Waals surface area contributed by atoms with Gasteiger partial charge in [-0.15, -0.1) is 0 Å². The van der Waals surface area contributed by atoms with Gasteiger partial charge in [0, 0.05) is 0 Å². The van der Waals surface area contributed by atoms with Crippen LogP contribution in [0, 0.1) is 11.8 Å². The van der Waals surface area contributed by atoms with Crippen LogP contribution >= 0.6 is 0 Å². The van der Waals surface area contributed by atoms with Crippen molar-refractivity contribution in [3.05, 3.63) is 72.3 Å². The largest absolute Gasteiger partial charge is 0.457 e. The second kappa shape index (κ2) is 5.53. The average Bonchev–Trinajstić information content (AvgIpc) is 2.62. The highest BCUT2D eigenvalue weighted by Gasteiger charge is 2.02. The minimum absolute atomic E-state index is 0.464. The van der Waals surface area contributed by atoms with Gasteiger partial charge in [-0.1, -0.05) is 50.3 Å². The summed E-state index contributed by atoms with van der Waals surface area (Å²) in [4.78, 5) is 0. The third-order valence-electron chi connectivity index (χ3n) is 2.71. The summed E-state index contributed by atoms with van der Waals surface area (Å²) in [5.74, 6) is 2.69. The number of rotatable bonds is 2. The first-order valence-electron chi connectivity index (χ1n) is 6.05. The Morgan fingerprint density at radius 2 is 1.24 bits per heavy atom. The Kier molecular flexibility index (Phi) is 3.81. The van der Waals surface area contributed by atoms with E-state index in [1.54, 1.807) is 0 Å². The topological polar surface area (TPSA) is 9.23 Å². The normalized spacial score (nSPS) is 27.2. The molecule has 88 valence electrons. The smallest absolute Gasteiger partial charge is 0.127 e. The van der Waals surface area contributed by atoms with Crippen LogP contribution in [0.4, 0.5) is 0 Å². The summed E-state index contributed by atoms with van der Waals surface area (Å²) in [6.45, 7) is 4.30. The van der Waals surface area contributed by atoms with Gasteiger partial charge in [0.1, 0.15) is 11.5 Å². The Morgan fingerprint density at radius 3 is 1.71 bits per heavy atom. The van der Waals surface area contributed by atoms with E-state index in [2.05, 4.69) is 38.2 Å². The Balaban J connectivity index is 2.07. The average molecular weight is 226 g/mol. The first kappa shape index (κ1) is 11.7. The quantitative estimate of drug-likeness (QED) is 0.682. The molecule has 2 aliphatic carbocycles. The van der Waals surface area contributed by atoms with E-state index < -0.39 is 0 Å². The number of allylic oxidation sites excluding steroid dienone is 10. The van der Waals surface area contributed by atoms with Crippen molar-refractivity contribution in [3.8, 4) is 0 Å². The van der Waals surface area contributed by atoms with Crippen LogP contribution in [-0.2, 0) is 4.74 Å². The summed E-state index contributed by atoms with van der Waals surface area (Å²) < 4.78 is 5.84. The Bertz CT molecular complexity index is 402. The van der Waals surface area contributed by atoms with Crippen LogP contribution in [0.1, 0.15) is 13.8 Å². The molecule has 0 heterocycles. The van der Waals surface area contributed by atoms with Crippen molar-refractivity contribution >= 4 is 0 Å². The molecule has 0 fully saturated rings. The van der Waals surface area contributed by atoms with Crippen LogP contribution in [0.5, 0.6) is 0 Å². The predicted molar refractivity (Wildman–Crippen MR) is 72.1 cm³/mol. The van der Waals surface area contributed by atoms with Gasteiger partial charge in [-0.25, -0.2) is 0 Å². The molecule has 0 bridgehead atoms. The first-order valence-corrected chi connectivity index (χ1v) is 6.05. The molecule has 2 aliphatic rings. The molecule has 0 radical (unpaired) electrons. The van der Waals surface area contributed by atoms with Crippen LogP contribution in [0.25, 0.3) is 0 Å². The summed E-state index contributed by atoms with van der Waals surface area (Å²) in [7, 11) is 0. The monoisotopic (exact) mass is 226 g/mol. The fourth-order valence-electron chi connectivity index (χ4n) is 1.66. The molecule has 0 saturated carbocycles. The molecule has 0 aromatic rings. The number of hydrogen-bond acceptors (Lipinski definition) is 1. The molecule has 2 rings (SSSR count). The van der Waals surface area contributed by atoms with E-state index in [4.69, 9.17) is 4.74 Å². The highest BCUT2D eigenvalue weighted by Crippen LogP contribution is 2.17. The SMILES string of the molecule is CC1C=CC=C(OC2=CC=CC(C)C=C2)C=C1. The van der Waals surface area contributed by atoms with Crippen LogP contribution in [0.15, 0.2) is 72.3 Å². The van der Waals surface area contributed by atoms with Crippen LogP contribution in [0.3, 0.4) is 0 Å². The number of ether oxygens (including phenoxy) is 1. The van der Waals surface area contributed by atoms with Gasteiger partial charge in [0.05, 0.1) is 0 Å². The van der Waals surface area contributed by atoms with E-state index in [1.807, 2.05) is 36.5 Å². The highest BCUT2D eigenvalue weighted by molar-refractivity contribution is 5.30. The molecule has 0 spiro atoms. The molecule has 0 amide bonds. The maximum atomic E-state index is 5.84. The molecular weight excluding hydrogens is 208 g/mol. The number of hydrogen-bond donors (Lipinski definition) is 0. The van der Waals surface area contributed by atoms with E-state index in [0.717, 1.165) is 11.5 Å². The molecule has 1 nitrogen and oxygen atoms in total. The molecule has 17 heavy (non-hydrogen) atoms. The summed E-state index contributed by atoms with van der Waals surface area (Å²) in [5, 5.41) is 0. The van der Waals surface area contributed by atoms with Crippen LogP contribution in [-0.4, -0.2) is 0 Å². The molecule has 2 unspecified atom stereocenters. The van der Waals surface area contributed by atoms with Crippen molar-refractivity contribution in [1.82, 2.24) is 0 Å². The summed E-state index contributed by atoms with van der Waals surface area (Å²) in [5.41, 5.74) is 0. The first-order chi connectivity index (χ1) is 8.24. The van der Waals surface area contributed by atoms with Crippen LogP contribution in [0.2, 0.25) is 0 Å². The van der Waals surface area contributed by atoms with E-state index in [-0.39, 0.29) is 0 Å². The second-order valence-electron chi connectivity index (χ2n) is 4.45. The molecule has 0 N–H and O–H groups in total. The fraction of sp³-hybridized carbons (Fsp3) is 0.250. The zero-order valence-corrected chi connectivity index (χ0v) is 10.3. The molecular formula is C16H18O. The van der Waals surface area contributed by atoms with E-state index in [0.29, 0.717) is 11.8 Å². The van der Waals surface area contributed by atoms with Gasteiger partial charge in [0.15, 0.2) is 0 Å². The van der Waals surface area contributed by atoms with E-state index in [9.17, 15) is 0 Å². The molecule has 0 aromatic carbocycles. The Morgan fingerprint density at radius 1 is 0.765 bits per heavy atom. The molecule has 0 aromatic heterocycles. The Labute approximate surface area is 103 Å². The third-order valence-corrected chi connectivity index (χ3v) is 2.71. The van der Waals surface area contributed by atoms with Gasteiger partial charge in [0.2, 0.25) is 0 Å². The fourth-order valence-corrected chi connectivity index (χ4v) is 1.66. The summed E-state index contributed by atoms with van der Waals surface area (Å²) >= 11 is 0. The summed E-state index contributed by atoms with van der Waals surface area (Å²) in [6.07, 6.45) is 20.7. The maximum Gasteiger partial charge on any atom is 0.127 e. The van der Waals surface area contributed by atoms with Crippen molar-refractivity contribution < 1.29 is 4.74 Å². The van der Waals surface area contributed by atoms with Crippen molar-refractivity contribution in [2.75, 3.05) is 0 Å². The summed E-state index contributed by atoms with van der Waals surface area (Å²) in [6, 6.07) is 0. The van der Waals surface area contributed by atoms with Gasteiger partial charge in [-0.3, -0.25) is 0 Å². The minimum Gasteiger partial charge on any atom is -0.457 e. The van der Waals surface area contributed by atoms with E-state index in [1.165, 1.54) is 0 Å². The van der Waals surface area contributed by atoms with Gasteiger partial charge < -0.3 is 4.74 Å². The molecule has 1 heteroatoms. The predicted octanol–water partition coefficient (Wildman–Crippen LogP) is 4.30. The molecule has 0 aliphatic heterocycles. The third kappa shape index (κ3) is 3.63. The van der Waals surface area contributed by atoms with Crippen molar-refractivity contribution in [2.45, 2.75) is 13.8 Å². The highest BCUT2D eigenvalue weighted by atomic mass is 16.5. The van der Waals surface area contributed by atoms with Crippen LogP contribution < -0.4 is 0 Å². The Hall–Kier alpha value is -1.76. The second-order valence-corrected chi connectivity index (χ2v) is 4.45. The minimum atomic E-state index is 0.464.